The standard InChI is InChI=1S/C14H21FN2O2/c1-9(2)11(8-17(3)4)16-14(19)13-10(15)6-5-7-12(13)18/h5-7,9,11,18H,8H2,1-4H3,(H,16,19). The van der Waals surface area contributed by atoms with Crippen molar-refractivity contribution in [2.24, 2.45) is 5.92 Å². The molecule has 2 N–H and O–H groups in total. The number of carbonyl (C=O) groups excluding carboxylic acids is 1. The van der Waals surface area contributed by atoms with Crippen LogP contribution in [0.25, 0.3) is 0 Å². The van der Waals surface area contributed by atoms with Gasteiger partial charge in [-0.1, -0.05) is 19.9 Å². The fourth-order valence-corrected chi connectivity index (χ4v) is 1.79. The molecular weight excluding hydrogens is 247 g/mol. The number of hydrogen-bond acceptors (Lipinski definition) is 3. The van der Waals surface area contributed by atoms with Crippen molar-refractivity contribution in [3.05, 3.63) is 29.6 Å². The lowest BCUT2D eigenvalue weighted by molar-refractivity contribution is 0.0909. The molecular formula is C14H21FN2O2. The van der Waals surface area contributed by atoms with E-state index in [4.69, 9.17) is 0 Å². The first kappa shape index (κ1) is 15.4. The summed E-state index contributed by atoms with van der Waals surface area (Å²) in [7, 11) is 3.81. The summed E-state index contributed by atoms with van der Waals surface area (Å²) in [4.78, 5) is 14.0. The van der Waals surface area contributed by atoms with Gasteiger partial charge in [0, 0.05) is 12.6 Å². The second-order valence-corrected chi connectivity index (χ2v) is 5.22. The second kappa shape index (κ2) is 6.52. The Kier molecular flexibility index (Phi) is 5.30. The summed E-state index contributed by atoms with van der Waals surface area (Å²) in [5.74, 6) is -1.44. The molecule has 0 heterocycles. The van der Waals surface area contributed by atoms with E-state index >= 15 is 0 Å². The molecule has 106 valence electrons. The summed E-state index contributed by atoms with van der Waals surface area (Å²) in [6.07, 6.45) is 0. The number of nitrogens with zero attached hydrogens (tertiary/aromatic N) is 1. The number of likely N-dealkylation sites (N-methyl/N-ethyl adjacent to an activating group) is 1. The van der Waals surface area contributed by atoms with Crippen LogP contribution in [0, 0.1) is 11.7 Å². The van der Waals surface area contributed by atoms with Crippen LogP contribution < -0.4 is 5.32 Å². The number of rotatable bonds is 5. The minimum Gasteiger partial charge on any atom is -0.507 e. The molecule has 1 atom stereocenters. The van der Waals surface area contributed by atoms with E-state index in [1.807, 2.05) is 32.8 Å². The van der Waals surface area contributed by atoms with Crippen LogP contribution in [-0.4, -0.2) is 42.6 Å². The van der Waals surface area contributed by atoms with Gasteiger partial charge in [0.2, 0.25) is 0 Å². The van der Waals surface area contributed by atoms with Gasteiger partial charge in [-0.15, -0.1) is 0 Å². The number of amides is 1. The third-order valence-electron chi connectivity index (χ3n) is 2.90. The molecule has 0 bridgehead atoms. The van der Waals surface area contributed by atoms with Crippen LogP contribution in [0.2, 0.25) is 0 Å². The number of carbonyl (C=O) groups is 1. The minimum absolute atomic E-state index is 0.110. The molecule has 1 unspecified atom stereocenters. The normalized spacial score (nSPS) is 12.8. The van der Waals surface area contributed by atoms with E-state index in [0.717, 1.165) is 6.07 Å². The van der Waals surface area contributed by atoms with Gasteiger partial charge in [0.25, 0.3) is 5.91 Å². The zero-order valence-corrected chi connectivity index (χ0v) is 11.8. The van der Waals surface area contributed by atoms with Gasteiger partial charge in [-0.25, -0.2) is 4.39 Å². The molecule has 0 radical (unpaired) electrons. The van der Waals surface area contributed by atoms with Crippen LogP contribution >= 0.6 is 0 Å². The van der Waals surface area contributed by atoms with Crippen molar-refractivity contribution in [2.75, 3.05) is 20.6 Å². The smallest absolute Gasteiger partial charge is 0.258 e. The number of nitrogens with one attached hydrogen (secondary N) is 1. The number of hydrogen-bond donors (Lipinski definition) is 2. The SMILES string of the molecule is CC(C)C(CN(C)C)NC(=O)c1c(O)cccc1F. The van der Waals surface area contributed by atoms with E-state index < -0.39 is 11.7 Å². The first-order valence-corrected chi connectivity index (χ1v) is 6.26. The van der Waals surface area contributed by atoms with Crippen LogP contribution in [0.1, 0.15) is 24.2 Å². The lowest BCUT2D eigenvalue weighted by Crippen LogP contribution is -2.45. The molecule has 1 amide bonds. The van der Waals surface area contributed by atoms with Crippen molar-refractivity contribution in [1.29, 1.82) is 0 Å². The van der Waals surface area contributed by atoms with Crippen molar-refractivity contribution >= 4 is 5.91 Å². The minimum atomic E-state index is -0.718. The van der Waals surface area contributed by atoms with E-state index in [0.29, 0.717) is 6.54 Å². The maximum absolute atomic E-state index is 13.6. The van der Waals surface area contributed by atoms with E-state index in [1.54, 1.807) is 0 Å². The van der Waals surface area contributed by atoms with Gasteiger partial charge in [-0.2, -0.15) is 0 Å². The average molecular weight is 268 g/mol. The predicted octanol–water partition coefficient (Wildman–Crippen LogP) is 1.85. The van der Waals surface area contributed by atoms with E-state index in [-0.39, 0.29) is 23.3 Å². The maximum atomic E-state index is 13.6. The Balaban J connectivity index is 2.88. The van der Waals surface area contributed by atoms with E-state index in [9.17, 15) is 14.3 Å². The third kappa shape index (κ3) is 4.21. The maximum Gasteiger partial charge on any atom is 0.258 e. The highest BCUT2D eigenvalue weighted by Gasteiger charge is 2.22. The van der Waals surface area contributed by atoms with Crippen molar-refractivity contribution in [1.82, 2.24) is 10.2 Å². The number of halogens is 1. The first-order chi connectivity index (χ1) is 8.82. The largest absolute Gasteiger partial charge is 0.507 e. The lowest BCUT2D eigenvalue weighted by atomic mass is 10.0. The monoisotopic (exact) mass is 268 g/mol. The molecule has 0 saturated carbocycles. The molecule has 1 aromatic rings. The summed E-state index contributed by atoms with van der Waals surface area (Å²) in [6, 6.07) is 3.71. The van der Waals surface area contributed by atoms with Gasteiger partial charge in [0.1, 0.15) is 17.1 Å². The highest BCUT2D eigenvalue weighted by atomic mass is 19.1. The quantitative estimate of drug-likeness (QED) is 0.857. The molecule has 4 nitrogen and oxygen atoms in total. The fraction of sp³-hybridized carbons (Fsp3) is 0.500. The Morgan fingerprint density at radius 3 is 2.53 bits per heavy atom. The highest BCUT2D eigenvalue weighted by Crippen LogP contribution is 2.20. The van der Waals surface area contributed by atoms with Gasteiger partial charge in [-0.05, 0) is 32.1 Å². The Labute approximate surface area is 113 Å². The van der Waals surface area contributed by atoms with Crippen molar-refractivity contribution in [3.8, 4) is 5.75 Å². The molecule has 0 fully saturated rings. The molecule has 0 aliphatic carbocycles. The zero-order valence-electron chi connectivity index (χ0n) is 11.8. The number of phenols is 1. The van der Waals surface area contributed by atoms with Crippen molar-refractivity contribution in [2.45, 2.75) is 19.9 Å². The Hall–Kier alpha value is -1.62. The summed E-state index contributed by atoms with van der Waals surface area (Å²) in [5, 5.41) is 12.3. The van der Waals surface area contributed by atoms with Gasteiger partial charge in [0.15, 0.2) is 0 Å². The van der Waals surface area contributed by atoms with Crippen LogP contribution in [0.4, 0.5) is 4.39 Å². The van der Waals surface area contributed by atoms with Crippen LogP contribution in [0.15, 0.2) is 18.2 Å². The van der Waals surface area contributed by atoms with Crippen LogP contribution in [0.3, 0.4) is 0 Å². The summed E-state index contributed by atoms with van der Waals surface area (Å²) in [6.45, 7) is 4.62. The molecule has 0 aromatic heterocycles. The third-order valence-corrected chi connectivity index (χ3v) is 2.90. The van der Waals surface area contributed by atoms with Crippen molar-refractivity contribution in [3.63, 3.8) is 0 Å². The topological polar surface area (TPSA) is 52.6 Å². The van der Waals surface area contributed by atoms with Gasteiger partial charge in [-0.3, -0.25) is 4.79 Å². The molecule has 0 aliphatic rings. The molecule has 0 saturated heterocycles. The molecule has 0 spiro atoms. The Morgan fingerprint density at radius 1 is 1.42 bits per heavy atom. The summed E-state index contributed by atoms with van der Waals surface area (Å²) < 4.78 is 13.6. The first-order valence-electron chi connectivity index (χ1n) is 6.26. The molecule has 5 heteroatoms. The Bertz CT molecular complexity index is 427. The summed E-state index contributed by atoms with van der Waals surface area (Å²) in [5.41, 5.74) is -0.299. The fourth-order valence-electron chi connectivity index (χ4n) is 1.79. The number of benzene rings is 1. The predicted molar refractivity (Wildman–Crippen MR) is 72.7 cm³/mol. The second-order valence-electron chi connectivity index (χ2n) is 5.22. The zero-order chi connectivity index (χ0) is 14.6. The Morgan fingerprint density at radius 2 is 2.05 bits per heavy atom. The molecule has 0 aliphatic heterocycles. The lowest BCUT2D eigenvalue weighted by Gasteiger charge is -2.25. The average Bonchev–Trinajstić information content (AvgIpc) is 2.27. The van der Waals surface area contributed by atoms with Gasteiger partial charge < -0.3 is 15.3 Å². The molecule has 19 heavy (non-hydrogen) atoms. The number of aromatic hydroxyl groups is 1. The van der Waals surface area contributed by atoms with E-state index in [1.165, 1.54) is 12.1 Å². The number of phenolic OH excluding ortho intramolecular Hbond substituents is 1. The van der Waals surface area contributed by atoms with Gasteiger partial charge >= 0.3 is 0 Å². The summed E-state index contributed by atoms with van der Waals surface area (Å²) >= 11 is 0. The van der Waals surface area contributed by atoms with Gasteiger partial charge in [0.05, 0.1) is 0 Å². The molecule has 1 aromatic carbocycles. The van der Waals surface area contributed by atoms with E-state index in [2.05, 4.69) is 5.32 Å². The van der Waals surface area contributed by atoms with Crippen LogP contribution in [-0.2, 0) is 0 Å². The van der Waals surface area contributed by atoms with Crippen LogP contribution in [0.5, 0.6) is 5.75 Å². The molecule has 1 rings (SSSR count). The highest BCUT2D eigenvalue weighted by molar-refractivity contribution is 5.97. The van der Waals surface area contributed by atoms with Crippen molar-refractivity contribution < 1.29 is 14.3 Å².